The number of hydrogen-bond donors (Lipinski definition) is 17. The highest BCUT2D eigenvalue weighted by molar-refractivity contribution is 5.99. The van der Waals surface area contributed by atoms with Crippen molar-refractivity contribution in [3.05, 3.63) is 29.8 Å². The molecule has 9 unspecified atom stereocenters. The lowest BCUT2D eigenvalue weighted by atomic mass is 10.00. The Kier molecular flexibility index (Phi) is 33.2. The molecule has 460 valence electrons. The van der Waals surface area contributed by atoms with Gasteiger partial charge in [0.15, 0.2) is 0 Å². The summed E-state index contributed by atoms with van der Waals surface area (Å²) in [5.74, 6) is -16.3. The summed E-state index contributed by atoms with van der Waals surface area (Å²) in [6.07, 6.45) is -3.92. The summed E-state index contributed by atoms with van der Waals surface area (Å²) in [7, 11) is 0. The van der Waals surface area contributed by atoms with Crippen LogP contribution in [0.2, 0.25) is 0 Å². The van der Waals surface area contributed by atoms with Crippen LogP contribution in [0.4, 0.5) is 0 Å². The molecule has 20 N–H and O–H groups in total. The first-order chi connectivity index (χ1) is 38.5. The molecular formula is C52H83N11O19. The molecule has 30 nitrogen and oxygen atoms in total. The number of carbonyl (C=O) groups is 13. The van der Waals surface area contributed by atoms with Crippen molar-refractivity contribution in [1.82, 2.24) is 42.5 Å². The van der Waals surface area contributed by atoms with E-state index >= 15 is 0 Å². The quantitative estimate of drug-likeness (QED) is 0.0305. The van der Waals surface area contributed by atoms with E-state index in [1.54, 1.807) is 27.7 Å². The number of aromatic hydroxyl groups is 1. The molecule has 0 radical (unpaired) electrons. The summed E-state index contributed by atoms with van der Waals surface area (Å²) in [6, 6.07) is -8.28. The van der Waals surface area contributed by atoms with Crippen LogP contribution in [0.25, 0.3) is 0 Å². The number of carboxylic acid groups (broad SMARTS) is 5. The number of carboxylic acids is 5. The van der Waals surface area contributed by atoms with E-state index in [4.69, 9.17) is 22.3 Å². The van der Waals surface area contributed by atoms with Gasteiger partial charge in [-0.3, -0.25) is 57.5 Å². The molecule has 0 saturated heterocycles. The molecule has 0 aromatic heterocycles. The fraction of sp³-hybridized carbons (Fsp3) is 0.635. The molecule has 0 aliphatic rings. The Morgan fingerprint density at radius 2 is 0.707 bits per heavy atom. The number of unbranched alkanes of at least 4 members (excludes halogenated alkanes) is 2. The van der Waals surface area contributed by atoms with Crippen LogP contribution < -0.4 is 59.7 Å². The van der Waals surface area contributed by atoms with Crippen LogP contribution in [0.15, 0.2) is 24.3 Å². The summed E-state index contributed by atoms with van der Waals surface area (Å²) in [5.41, 5.74) is 18.1. The Labute approximate surface area is 474 Å². The lowest BCUT2D eigenvalue weighted by Crippen LogP contribution is -2.60. The van der Waals surface area contributed by atoms with Gasteiger partial charge in [-0.25, -0.2) is 4.79 Å². The molecule has 1 aromatic carbocycles. The van der Waals surface area contributed by atoms with Gasteiger partial charge in [-0.2, -0.15) is 0 Å². The van der Waals surface area contributed by atoms with Crippen LogP contribution >= 0.6 is 0 Å². The second-order valence-corrected chi connectivity index (χ2v) is 20.5. The van der Waals surface area contributed by atoms with Crippen molar-refractivity contribution < 1.29 is 93.0 Å². The van der Waals surface area contributed by atoms with Gasteiger partial charge in [-0.15, -0.1) is 0 Å². The predicted molar refractivity (Wildman–Crippen MR) is 290 cm³/mol. The zero-order valence-corrected chi connectivity index (χ0v) is 46.6. The van der Waals surface area contributed by atoms with Crippen LogP contribution in [0, 0.1) is 11.8 Å². The lowest BCUT2D eigenvalue weighted by Gasteiger charge is -2.28. The monoisotopic (exact) mass is 1170 g/mol. The molecule has 0 spiro atoms. The van der Waals surface area contributed by atoms with Gasteiger partial charge in [0, 0.05) is 19.3 Å². The van der Waals surface area contributed by atoms with Gasteiger partial charge in [0.25, 0.3) is 0 Å². The smallest absolute Gasteiger partial charge is 0.326 e. The van der Waals surface area contributed by atoms with Gasteiger partial charge in [-0.05, 0) is 120 Å². The molecule has 0 bridgehead atoms. The van der Waals surface area contributed by atoms with Gasteiger partial charge in [0.05, 0.1) is 12.5 Å². The number of nitrogens with two attached hydrogens (primary N) is 3. The maximum atomic E-state index is 14.3. The second-order valence-electron chi connectivity index (χ2n) is 20.5. The zero-order chi connectivity index (χ0) is 62.2. The fourth-order valence-electron chi connectivity index (χ4n) is 8.08. The van der Waals surface area contributed by atoms with Crippen molar-refractivity contribution in [3.63, 3.8) is 0 Å². The van der Waals surface area contributed by atoms with Crippen molar-refractivity contribution in [2.24, 2.45) is 29.0 Å². The number of nitrogens with one attached hydrogen (secondary N) is 8. The number of aliphatic carboxylic acids is 5. The molecular weight excluding hydrogens is 1080 g/mol. The number of phenols is 1. The van der Waals surface area contributed by atoms with E-state index in [0.29, 0.717) is 18.4 Å². The van der Waals surface area contributed by atoms with E-state index in [2.05, 4.69) is 42.5 Å². The topological polar surface area (TPSA) is 518 Å². The van der Waals surface area contributed by atoms with Crippen LogP contribution in [0.1, 0.15) is 130 Å². The maximum absolute atomic E-state index is 14.3. The zero-order valence-electron chi connectivity index (χ0n) is 46.6. The summed E-state index contributed by atoms with van der Waals surface area (Å²) in [6.45, 7) is 7.03. The third kappa shape index (κ3) is 29.5. The molecule has 1 aromatic rings. The van der Waals surface area contributed by atoms with Crippen molar-refractivity contribution in [3.8, 4) is 5.75 Å². The number of hydrogen-bond acceptors (Lipinski definition) is 17. The highest BCUT2D eigenvalue weighted by atomic mass is 16.4. The first-order valence-corrected chi connectivity index (χ1v) is 26.9. The number of rotatable bonds is 42. The third-order valence-electron chi connectivity index (χ3n) is 12.4. The molecule has 0 aliphatic carbocycles. The van der Waals surface area contributed by atoms with Crippen LogP contribution in [0.3, 0.4) is 0 Å². The van der Waals surface area contributed by atoms with E-state index in [0.717, 1.165) is 0 Å². The summed E-state index contributed by atoms with van der Waals surface area (Å²) < 4.78 is 0. The van der Waals surface area contributed by atoms with Gasteiger partial charge < -0.3 is 90.4 Å². The van der Waals surface area contributed by atoms with Gasteiger partial charge in [0.2, 0.25) is 47.3 Å². The molecule has 0 heterocycles. The minimum atomic E-state index is -1.94. The highest BCUT2D eigenvalue weighted by Gasteiger charge is 2.36. The van der Waals surface area contributed by atoms with Gasteiger partial charge >= 0.3 is 29.8 Å². The SMILES string of the molecule is CC(C)CC(NC(=O)C(CC(=O)O)NC(=O)C(CCCCN)NC(=O)C(CC(C)C)NC(=O)C(CCCCN)NC(=O)C(CCC(=O)O)NC(=O)C(N)Cc1ccc(O)cc1)C(=O)NC(CCC(=O)O)C(=O)NC(CCC(=O)O)C(=O)O. The fourth-order valence-corrected chi connectivity index (χ4v) is 8.08. The van der Waals surface area contributed by atoms with E-state index in [-0.39, 0.29) is 69.7 Å². The normalized spacial score (nSPS) is 14.4. The second kappa shape index (κ2) is 37.9. The molecule has 1 rings (SSSR count). The minimum absolute atomic E-state index is 0.0250. The highest BCUT2D eigenvalue weighted by Crippen LogP contribution is 2.15. The number of phenolic OH excluding ortho intramolecular Hbond substituents is 1. The molecule has 8 amide bonds. The van der Waals surface area contributed by atoms with Crippen molar-refractivity contribution in [1.29, 1.82) is 0 Å². The molecule has 9 atom stereocenters. The van der Waals surface area contributed by atoms with E-state index in [1.165, 1.54) is 24.3 Å². The molecule has 0 saturated carbocycles. The molecule has 82 heavy (non-hydrogen) atoms. The average molecular weight is 1170 g/mol. The Bertz CT molecular complexity index is 2340. The first-order valence-electron chi connectivity index (χ1n) is 26.9. The summed E-state index contributed by atoms with van der Waals surface area (Å²) in [4.78, 5) is 169. The van der Waals surface area contributed by atoms with Gasteiger partial charge in [0.1, 0.15) is 54.1 Å². The lowest BCUT2D eigenvalue weighted by molar-refractivity contribution is -0.144. The molecule has 30 heteroatoms. The van der Waals surface area contributed by atoms with Crippen LogP contribution in [-0.2, 0) is 68.7 Å². The first kappa shape index (κ1) is 72.0. The molecule has 0 aliphatic heterocycles. The maximum Gasteiger partial charge on any atom is 0.326 e. The predicted octanol–water partition coefficient (Wildman–Crippen LogP) is -2.36. The Morgan fingerprint density at radius 3 is 1.05 bits per heavy atom. The Balaban J connectivity index is 3.53. The Morgan fingerprint density at radius 1 is 0.402 bits per heavy atom. The summed E-state index contributed by atoms with van der Waals surface area (Å²) >= 11 is 0. The number of benzene rings is 1. The van der Waals surface area contributed by atoms with Crippen molar-refractivity contribution in [2.45, 2.75) is 185 Å². The number of carbonyl (C=O) groups excluding carboxylic acids is 8. The molecule has 0 fully saturated rings. The van der Waals surface area contributed by atoms with Crippen LogP contribution in [0.5, 0.6) is 5.75 Å². The minimum Gasteiger partial charge on any atom is -0.508 e. The van der Waals surface area contributed by atoms with E-state index in [9.17, 15) is 87.9 Å². The van der Waals surface area contributed by atoms with Crippen LogP contribution in [-0.4, -0.2) is 175 Å². The van der Waals surface area contributed by atoms with Crippen molar-refractivity contribution in [2.75, 3.05) is 13.1 Å². The van der Waals surface area contributed by atoms with Gasteiger partial charge in [-0.1, -0.05) is 39.8 Å². The largest absolute Gasteiger partial charge is 0.508 e. The number of amides is 8. The third-order valence-corrected chi connectivity index (χ3v) is 12.4. The Hall–Kier alpha value is -7.99. The standard InChI is InChI=1S/C52H83N11O19/c1-27(2)23-37(61-45(74)32(9-5-7-21-53)57-47(76)34(15-18-40(65)66)56-44(73)31(55)25-29-11-13-30(64)14-12-29)49(78)58-33(10-6-8-22-54)46(75)63-39(26-43(71)72)51(80)62-38(24-28(3)4)50(79)59-35(16-19-41(67)68)48(77)60-36(52(81)82)17-20-42(69)70/h11-14,27-28,31-39,64H,5-10,15-26,53-55H2,1-4H3,(H,56,73)(H,57,76)(H,58,78)(H,59,79)(H,60,77)(H,61,74)(H,62,80)(H,63,75)(H,65,66)(H,67,68)(H,69,70)(H,71,72)(H,81,82). The van der Waals surface area contributed by atoms with E-state index in [1.807, 2.05) is 0 Å². The summed E-state index contributed by atoms with van der Waals surface area (Å²) in [5, 5.41) is 76.1. The van der Waals surface area contributed by atoms with E-state index < -0.39 is 182 Å². The average Bonchev–Trinajstić information content (AvgIpc) is 3.38. The van der Waals surface area contributed by atoms with Crippen molar-refractivity contribution >= 4 is 77.1 Å².